The van der Waals surface area contributed by atoms with Gasteiger partial charge in [0.2, 0.25) is 0 Å². The second-order valence-corrected chi connectivity index (χ2v) is 9.29. The van der Waals surface area contributed by atoms with Gasteiger partial charge in [-0.15, -0.1) is 0 Å². The minimum absolute atomic E-state index is 0.188. The van der Waals surface area contributed by atoms with E-state index in [1.807, 2.05) is 48.7 Å². The zero-order chi connectivity index (χ0) is 24.9. The number of aliphatic hydroxyl groups excluding tert-OH is 1. The van der Waals surface area contributed by atoms with E-state index in [-0.39, 0.29) is 12.5 Å². The van der Waals surface area contributed by atoms with Crippen LogP contribution in [0.3, 0.4) is 0 Å². The molecule has 0 radical (unpaired) electrons. The number of amides is 1. The molecule has 0 saturated carbocycles. The number of nitrogens with zero attached hydrogens (tertiary/aromatic N) is 1. The third kappa shape index (κ3) is 5.39. The quantitative estimate of drug-likeness (QED) is 0.281. The number of hydrogen-bond donors (Lipinski definition) is 4. The molecule has 36 heavy (non-hydrogen) atoms. The van der Waals surface area contributed by atoms with Crippen molar-refractivity contribution in [3.8, 4) is 22.4 Å². The fourth-order valence-electron chi connectivity index (χ4n) is 4.52. The molecule has 2 aromatic heterocycles. The van der Waals surface area contributed by atoms with Crippen molar-refractivity contribution < 1.29 is 14.6 Å². The number of H-pyrrole nitrogens is 2. The molecule has 8 heteroatoms. The van der Waals surface area contributed by atoms with Crippen LogP contribution in [0.2, 0.25) is 5.02 Å². The van der Waals surface area contributed by atoms with Gasteiger partial charge in [0, 0.05) is 48.2 Å². The van der Waals surface area contributed by atoms with Gasteiger partial charge in [0.1, 0.15) is 5.69 Å². The van der Waals surface area contributed by atoms with Gasteiger partial charge in [-0.25, -0.2) is 0 Å². The molecular weight excluding hydrogens is 476 g/mol. The van der Waals surface area contributed by atoms with Crippen LogP contribution in [0.15, 0.2) is 73.1 Å². The fourth-order valence-corrected chi connectivity index (χ4v) is 4.76. The van der Waals surface area contributed by atoms with Crippen LogP contribution in [0.1, 0.15) is 27.7 Å². The SMILES string of the molecule is O=C(NC(CO)c1ccccc1)c1cc(-c2[nH]ccc2-c2ccc(CN3CCOCC3)c(Cl)c2)c[nH]1. The molecule has 1 amide bonds. The van der Waals surface area contributed by atoms with E-state index in [2.05, 4.69) is 32.3 Å². The van der Waals surface area contributed by atoms with E-state index in [0.29, 0.717) is 5.69 Å². The Kier molecular flexibility index (Phi) is 7.53. The molecule has 2 aromatic carbocycles. The number of ether oxygens (including phenoxy) is 1. The number of aliphatic hydroxyl groups is 1. The number of carbonyl (C=O) groups is 1. The molecule has 1 unspecified atom stereocenters. The number of halogens is 1. The van der Waals surface area contributed by atoms with E-state index in [4.69, 9.17) is 16.3 Å². The monoisotopic (exact) mass is 504 g/mol. The van der Waals surface area contributed by atoms with Crippen LogP contribution >= 0.6 is 11.6 Å². The highest BCUT2D eigenvalue weighted by Crippen LogP contribution is 2.34. The minimum Gasteiger partial charge on any atom is -0.394 e. The van der Waals surface area contributed by atoms with E-state index < -0.39 is 6.04 Å². The van der Waals surface area contributed by atoms with Crippen LogP contribution in [0.25, 0.3) is 22.4 Å². The molecule has 1 saturated heterocycles. The summed E-state index contributed by atoms with van der Waals surface area (Å²) in [5.41, 5.74) is 6.10. The van der Waals surface area contributed by atoms with E-state index in [1.54, 1.807) is 12.3 Å². The van der Waals surface area contributed by atoms with Crippen LogP contribution in [0.5, 0.6) is 0 Å². The Morgan fingerprint density at radius 3 is 2.61 bits per heavy atom. The third-order valence-corrected chi connectivity index (χ3v) is 6.87. The molecule has 3 heterocycles. The zero-order valence-corrected chi connectivity index (χ0v) is 20.6. The minimum atomic E-state index is -0.482. The summed E-state index contributed by atoms with van der Waals surface area (Å²) < 4.78 is 5.44. The average Bonchev–Trinajstić information content (AvgIpc) is 3.60. The maximum atomic E-state index is 12.9. The van der Waals surface area contributed by atoms with E-state index >= 15 is 0 Å². The Balaban J connectivity index is 1.32. The molecule has 4 aromatic rings. The third-order valence-electron chi connectivity index (χ3n) is 6.51. The lowest BCUT2D eigenvalue weighted by Crippen LogP contribution is -2.35. The summed E-state index contributed by atoms with van der Waals surface area (Å²) in [5, 5.41) is 13.4. The van der Waals surface area contributed by atoms with Crippen molar-refractivity contribution in [2.45, 2.75) is 12.6 Å². The molecule has 4 N–H and O–H groups in total. The van der Waals surface area contributed by atoms with Crippen molar-refractivity contribution in [1.82, 2.24) is 20.2 Å². The van der Waals surface area contributed by atoms with Crippen LogP contribution in [-0.4, -0.2) is 58.8 Å². The van der Waals surface area contributed by atoms with Gasteiger partial charge in [-0.3, -0.25) is 9.69 Å². The Bertz CT molecular complexity index is 1310. The van der Waals surface area contributed by atoms with Crippen LogP contribution in [-0.2, 0) is 11.3 Å². The van der Waals surface area contributed by atoms with Gasteiger partial charge in [-0.05, 0) is 34.9 Å². The number of benzene rings is 2. The summed E-state index contributed by atoms with van der Waals surface area (Å²) in [5.74, 6) is -0.284. The molecular formula is C28H29ClN4O3. The normalized spacial score (nSPS) is 15.1. The van der Waals surface area contributed by atoms with Gasteiger partial charge < -0.3 is 25.1 Å². The number of aromatic amines is 2. The maximum absolute atomic E-state index is 12.9. The molecule has 1 aliphatic heterocycles. The van der Waals surface area contributed by atoms with Crippen LogP contribution in [0, 0.1) is 0 Å². The highest BCUT2D eigenvalue weighted by atomic mass is 35.5. The van der Waals surface area contributed by atoms with Gasteiger partial charge >= 0.3 is 0 Å². The number of morpholine rings is 1. The number of rotatable bonds is 8. The van der Waals surface area contributed by atoms with Crippen molar-refractivity contribution in [1.29, 1.82) is 0 Å². The van der Waals surface area contributed by atoms with Crippen molar-refractivity contribution in [3.63, 3.8) is 0 Å². The first kappa shape index (κ1) is 24.3. The molecule has 1 aliphatic rings. The first-order valence-corrected chi connectivity index (χ1v) is 12.4. The summed E-state index contributed by atoms with van der Waals surface area (Å²) in [6.07, 6.45) is 3.68. The number of hydrogen-bond acceptors (Lipinski definition) is 4. The molecule has 5 rings (SSSR count). The fraction of sp³-hybridized carbons (Fsp3) is 0.250. The van der Waals surface area contributed by atoms with Crippen LogP contribution < -0.4 is 5.32 Å². The van der Waals surface area contributed by atoms with Gasteiger partial charge in [0.25, 0.3) is 5.91 Å². The lowest BCUT2D eigenvalue weighted by molar-refractivity contribution is 0.0342. The standard InChI is InChI=1S/C28H29ClN4O3/c29-24-14-20(6-7-21(24)17-33-10-12-36-13-11-33)23-8-9-30-27(23)22-15-25(31-16-22)28(35)32-26(18-34)19-4-2-1-3-5-19/h1-9,14-16,26,30-31,34H,10-13,17-18H2,(H,32,35). The Labute approximate surface area is 215 Å². The van der Waals surface area contributed by atoms with Crippen LogP contribution in [0.4, 0.5) is 0 Å². The number of carbonyl (C=O) groups excluding carboxylic acids is 1. The smallest absolute Gasteiger partial charge is 0.268 e. The van der Waals surface area contributed by atoms with Gasteiger partial charge in [0.15, 0.2) is 0 Å². The number of nitrogens with one attached hydrogen (secondary N) is 3. The Morgan fingerprint density at radius 2 is 1.86 bits per heavy atom. The first-order valence-electron chi connectivity index (χ1n) is 12.0. The Morgan fingerprint density at radius 1 is 1.06 bits per heavy atom. The zero-order valence-electron chi connectivity index (χ0n) is 19.8. The molecule has 0 spiro atoms. The molecule has 0 bridgehead atoms. The Hall–Kier alpha value is -3.36. The summed E-state index contributed by atoms with van der Waals surface area (Å²) >= 11 is 6.67. The van der Waals surface area contributed by atoms with Crippen molar-refractivity contribution in [2.24, 2.45) is 0 Å². The van der Waals surface area contributed by atoms with Gasteiger partial charge in [-0.1, -0.05) is 54.1 Å². The van der Waals surface area contributed by atoms with E-state index in [1.165, 1.54) is 0 Å². The van der Waals surface area contributed by atoms with E-state index in [0.717, 1.165) is 71.4 Å². The van der Waals surface area contributed by atoms with Crippen molar-refractivity contribution in [2.75, 3.05) is 32.9 Å². The molecule has 1 fully saturated rings. The maximum Gasteiger partial charge on any atom is 0.268 e. The van der Waals surface area contributed by atoms with Crippen molar-refractivity contribution >= 4 is 17.5 Å². The predicted octanol–water partition coefficient (Wildman–Crippen LogP) is 4.63. The summed E-state index contributed by atoms with van der Waals surface area (Å²) in [6, 6.07) is 18.9. The average molecular weight is 505 g/mol. The topological polar surface area (TPSA) is 93.4 Å². The lowest BCUT2D eigenvalue weighted by atomic mass is 10.0. The predicted molar refractivity (Wildman–Crippen MR) is 141 cm³/mol. The molecule has 7 nitrogen and oxygen atoms in total. The van der Waals surface area contributed by atoms with Crippen molar-refractivity contribution in [3.05, 3.63) is 94.9 Å². The van der Waals surface area contributed by atoms with Gasteiger partial charge in [0.05, 0.1) is 31.6 Å². The highest BCUT2D eigenvalue weighted by molar-refractivity contribution is 6.31. The van der Waals surface area contributed by atoms with Gasteiger partial charge in [-0.2, -0.15) is 0 Å². The molecule has 0 aliphatic carbocycles. The molecule has 186 valence electrons. The summed E-state index contributed by atoms with van der Waals surface area (Å²) in [4.78, 5) is 21.6. The largest absolute Gasteiger partial charge is 0.394 e. The molecule has 1 atom stereocenters. The number of aromatic nitrogens is 2. The lowest BCUT2D eigenvalue weighted by Gasteiger charge is -2.27. The second-order valence-electron chi connectivity index (χ2n) is 8.88. The highest BCUT2D eigenvalue weighted by Gasteiger charge is 2.19. The second kappa shape index (κ2) is 11.1. The van der Waals surface area contributed by atoms with E-state index in [9.17, 15) is 9.90 Å². The first-order chi connectivity index (χ1) is 17.6. The summed E-state index contributed by atoms with van der Waals surface area (Å²) in [6.45, 7) is 3.95. The summed E-state index contributed by atoms with van der Waals surface area (Å²) in [7, 11) is 0.